The van der Waals surface area contributed by atoms with E-state index in [1.54, 1.807) is 0 Å². The number of hydrogen-bond donors (Lipinski definition) is 3. The molecule has 0 aromatic rings. The molecule has 0 saturated carbocycles. The Morgan fingerprint density at radius 1 is 1.52 bits per heavy atom. The van der Waals surface area contributed by atoms with Crippen molar-refractivity contribution in [1.82, 2.24) is 5.48 Å². The van der Waals surface area contributed by atoms with Gasteiger partial charge in [0.25, 0.3) is 0 Å². The Morgan fingerprint density at radius 2 is 2.32 bits per heavy atom. The van der Waals surface area contributed by atoms with Crippen LogP contribution in [0.25, 0.3) is 0 Å². The summed E-state index contributed by atoms with van der Waals surface area (Å²) < 4.78 is 0. The van der Waals surface area contributed by atoms with Crippen LogP contribution >= 0.6 is 0 Å². The van der Waals surface area contributed by atoms with Crippen molar-refractivity contribution >= 4 is 5.97 Å². The van der Waals surface area contributed by atoms with Gasteiger partial charge in [-0.1, -0.05) is 51.0 Å². The van der Waals surface area contributed by atoms with Crippen LogP contribution in [0.15, 0.2) is 35.6 Å². The average Bonchev–Trinajstić information content (AvgIpc) is 3.14. The molecular weight excluding hydrogens is 318 g/mol. The fourth-order valence-electron chi connectivity index (χ4n) is 3.49. The maximum Gasteiger partial charge on any atom is 0.305 e. The summed E-state index contributed by atoms with van der Waals surface area (Å²) in [6.07, 6.45) is 13.3. The van der Waals surface area contributed by atoms with E-state index < -0.39 is 12.1 Å². The van der Waals surface area contributed by atoms with Gasteiger partial charge in [-0.2, -0.15) is 0 Å². The lowest BCUT2D eigenvalue weighted by atomic mass is 9.93. The smallest absolute Gasteiger partial charge is 0.305 e. The Morgan fingerprint density at radius 3 is 3.04 bits per heavy atom. The molecular formula is C20H31NO4. The SMILES string of the molecule is CCCCC(C)C(O)C=CC1=CC[C@@H]2CC(NOCCC(=O)O)=C[C@@H]12. The Kier molecular flexibility index (Phi) is 7.72. The van der Waals surface area contributed by atoms with Gasteiger partial charge in [0.2, 0.25) is 0 Å². The molecule has 5 heteroatoms. The van der Waals surface area contributed by atoms with Crippen molar-refractivity contribution in [2.24, 2.45) is 17.8 Å². The summed E-state index contributed by atoms with van der Waals surface area (Å²) in [5.74, 6) is 0.328. The number of allylic oxidation sites excluding steroid dienone is 5. The Labute approximate surface area is 150 Å². The first-order valence-corrected chi connectivity index (χ1v) is 9.37. The number of aliphatic hydroxyl groups is 1. The number of carboxylic acids is 1. The molecule has 140 valence electrons. The van der Waals surface area contributed by atoms with E-state index >= 15 is 0 Å². The first-order chi connectivity index (χ1) is 12.0. The summed E-state index contributed by atoms with van der Waals surface area (Å²) in [4.78, 5) is 15.7. The predicted molar refractivity (Wildman–Crippen MR) is 97.6 cm³/mol. The van der Waals surface area contributed by atoms with Crippen LogP contribution in [0, 0.1) is 17.8 Å². The molecule has 0 amide bonds. The number of hydroxylamine groups is 1. The lowest BCUT2D eigenvalue weighted by molar-refractivity contribution is -0.138. The molecule has 2 unspecified atom stereocenters. The second kappa shape index (κ2) is 9.78. The molecule has 2 rings (SSSR count). The molecule has 4 atom stereocenters. The van der Waals surface area contributed by atoms with Gasteiger partial charge in [-0.25, -0.2) is 0 Å². The molecule has 5 nitrogen and oxygen atoms in total. The number of hydrogen-bond acceptors (Lipinski definition) is 4. The minimum atomic E-state index is -0.860. The molecule has 0 spiro atoms. The minimum Gasteiger partial charge on any atom is -0.481 e. The Bertz CT molecular complexity index is 538. The molecule has 2 aliphatic rings. The molecule has 0 radical (unpaired) electrons. The van der Waals surface area contributed by atoms with E-state index in [2.05, 4.69) is 37.6 Å². The van der Waals surface area contributed by atoms with Gasteiger partial charge in [0.1, 0.15) is 0 Å². The van der Waals surface area contributed by atoms with Crippen molar-refractivity contribution in [3.8, 4) is 0 Å². The topological polar surface area (TPSA) is 78.8 Å². The summed E-state index contributed by atoms with van der Waals surface area (Å²) in [6.45, 7) is 4.43. The van der Waals surface area contributed by atoms with Crippen molar-refractivity contribution in [2.45, 2.75) is 58.5 Å². The van der Waals surface area contributed by atoms with Gasteiger partial charge >= 0.3 is 5.97 Å². The second-order valence-corrected chi connectivity index (χ2v) is 7.19. The number of nitrogens with one attached hydrogen (secondary N) is 1. The van der Waals surface area contributed by atoms with Crippen molar-refractivity contribution in [2.75, 3.05) is 6.61 Å². The summed E-state index contributed by atoms with van der Waals surface area (Å²) in [5.41, 5.74) is 5.17. The average molecular weight is 349 g/mol. The van der Waals surface area contributed by atoms with Gasteiger partial charge in [0.05, 0.1) is 19.1 Å². The monoisotopic (exact) mass is 349 g/mol. The van der Waals surface area contributed by atoms with Crippen LogP contribution in [0.3, 0.4) is 0 Å². The molecule has 0 fully saturated rings. The Hall–Kier alpha value is -1.59. The third-order valence-corrected chi connectivity index (χ3v) is 5.12. The van der Waals surface area contributed by atoms with Crippen molar-refractivity contribution in [1.29, 1.82) is 0 Å². The molecule has 0 aliphatic heterocycles. The molecule has 0 saturated heterocycles. The van der Waals surface area contributed by atoms with Gasteiger partial charge < -0.3 is 10.2 Å². The fraction of sp³-hybridized carbons (Fsp3) is 0.650. The highest BCUT2D eigenvalue weighted by atomic mass is 16.6. The molecule has 2 aliphatic carbocycles. The highest BCUT2D eigenvalue weighted by Gasteiger charge is 2.33. The van der Waals surface area contributed by atoms with Gasteiger partial charge in [0, 0.05) is 11.6 Å². The Balaban J connectivity index is 1.81. The van der Waals surface area contributed by atoms with Gasteiger partial charge in [-0.05, 0) is 36.7 Å². The summed E-state index contributed by atoms with van der Waals surface area (Å²) >= 11 is 0. The van der Waals surface area contributed by atoms with Crippen LogP contribution in [0.1, 0.15) is 52.4 Å². The van der Waals surface area contributed by atoms with E-state index in [9.17, 15) is 9.90 Å². The maximum absolute atomic E-state index is 10.5. The molecule has 0 aromatic heterocycles. The summed E-state index contributed by atoms with van der Waals surface area (Å²) in [7, 11) is 0. The van der Waals surface area contributed by atoms with Crippen LogP contribution in [0.5, 0.6) is 0 Å². The van der Waals surface area contributed by atoms with Crippen LogP contribution in [-0.2, 0) is 9.63 Å². The normalized spacial score (nSPS) is 24.8. The molecule has 0 aromatic carbocycles. The van der Waals surface area contributed by atoms with Crippen LogP contribution < -0.4 is 5.48 Å². The van der Waals surface area contributed by atoms with Gasteiger partial charge in [-0.15, -0.1) is 0 Å². The third-order valence-electron chi connectivity index (χ3n) is 5.12. The van der Waals surface area contributed by atoms with Crippen LogP contribution in [0.2, 0.25) is 0 Å². The first kappa shape index (κ1) is 19.7. The second-order valence-electron chi connectivity index (χ2n) is 7.19. The fourth-order valence-corrected chi connectivity index (χ4v) is 3.49. The van der Waals surface area contributed by atoms with Crippen LogP contribution in [-0.4, -0.2) is 28.9 Å². The number of fused-ring (bicyclic) bond motifs is 1. The quantitative estimate of drug-likeness (QED) is 0.392. The zero-order valence-corrected chi connectivity index (χ0v) is 15.3. The standard InChI is InChI=1S/C20H31NO4/c1-3-4-5-14(2)19(22)9-8-15-6-7-16-12-17(13-18(15)16)21-25-11-10-20(23)24/h6,8-9,13-14,16,18-19,21-22H,3-5,7,10-12H2,1-2H3,(H,23,24)/t14?,16-,18+,19?/m1/s1. The largest absolute Gasteiger partial charge is 0.481 e. The van der Waals surface area contributed by atoms with E-state index in [4.69, 9.17) is 9.94 Å². The summed E-state index contributed by atoms with van der Waals surface area (Å²) in [5, 5.41) is 18.9. The number of carbonyl (C=O) groups is 1. The van der Waals surface area contributed by atoms with Crippen molar-refractivity contribution in [3.63, 3.8) is 0 Å². The minimum absolute atomic E-state index is 0.00483. The zero-order valence-electron chi connectivity index (χ0n) is 15.3. The van der Waals surface area contributed by atoms with E-state index in [1.807, 2.05) is 6.08 Å². The molecule has 0 bridgehead atoms. The van der Waals surface area contributed by atoms with E-state index in [-0.39, 0.29) is 18.9 Å². The van der Waals surface area contributed by atoms with E-state index in [0.717, 1.165) is 37.8 Å². The lowest BCUT2D eigenvalue weighted by Crippen LogP contribution is -2.16. The molecule has 0 heterocycles. The van der Waals surface area contributed by atoms with Gasteiger partial charge in [0.15, 0.2) is 0 Å². The number of rotatable bonds is 11. The van der Waals surface area contributed by atoms with Crippen LogP contribution in [0.4, 0.5) is 0 Å². The molecule has 3 N–H and O–H groups in total. The third kappa shape index (κ3) is 6.01. The zero-order chi connectivity index (χ0) is 18.2. The number of unbranched alkanes of at least 4 members (excludes halogenated alkanes) is 1. The maximum atomic E-state index is 10.5. The highest BCUT2D eigenvalue weighted by molar-refractivity contribution is 5.66. The summed E-state index contributed by atoms with van der Waals surface area (Å²) in [6, 6.07) is 0. The number of aliphatic carboxylic acids is 1. The van der Waals surface area contributed by atoms with E-state index in [0.29, 0.717) is 11.8 Å². The van der Waals surface area contributed by atoms with E-state index in [1.165, 1.54) is 5.57 Å². The molecule has 25 heavy (non-hydrogen) atoms. The predicted octanol–water partition coefficient (Wildman–Crippen LogP) is 3.58. The lowest BCUT2D eigenvalue weighted by Gasteiger charge is -2.15. The number of aliphatic hydroxyl groups excluding tert-OH is 1. The van der Waals surface area contributed by atoms with Gasteiger partial charge in [-0.3, -0.25) is 15.1 Å². The van der Waals surface area contributed by atoms with Crippen molar-refractivity contribution < 1.29 is 19.8 Å². The number of carboxylic acid groups (broad SMARTS) is 1. The van der Waals surface area contributed by atoms with Crippen molar-refractivity contribution in [3.05, 3.63) is 35.6 Å². The first-order valence-electron chi connectivity index (χ1n) is 9.37. The highest BCUT2D eigenvalue weighted by Crippen LogP contribution is 2.42.